The fourth-order valence-corrected chi connectivity index (χ4v) is 3.64. The van der Waals surface area contributed by atoms with E-state index in [-0.39, 0.29) is 39.9 Å². The molecule has 0 aliphatic heterocycles. The fraction of sp³-hybridized carbons (Fsp3) is 0.250. The summed E-state index contributed by atoms with van der Waals surface area (Å²) >= 11 is -0.190. The lowest BCUT2D eigenvalue weighted by molar-refractivity contribution is -0.0328. The van der Waals surface area contributed by atoms with Gasteiger partial charge in [0.15, 0.2) is 11.6 Å². The number of hydrogen-bond acceptors (Lipinski definition) is 6. The van der Waals surface area contributed by atoms with Gasteiger partial charge >= 0.3 is 5.51 Å². The molecule has 0 saturated heterocycles. The van der Waals surface area contributed by atoms with Crippen molar-refractivity contribution in [2.24, 2.45) is 5.92 Å². The largest absolute Gasteiger partial charge is 0.446 e. The Labute approximate surface area is 178 Å². The maximum Gasteiger partial charge on any atom is 0.446 e. The van der Waals surface area contributed by atoms with Gasteiger partial charge in [0, 0.05) is 23.4 Å². The molecule has 11 heteroatoms. The van der Waals surface area contributed by atoms with E-state index in [1.807, 2.05) is 0 Å². The highest BCUT2D eigenvalue weighted by molar-refractivity contribution is 8.00. The Bertz CT molecular complexity index is 1130. The Morgan fingerprint density at radius 3 is 2.45 bits per heavy atom. The normalized spacial score (nSPS) is 14.8. The maximum absolute atomic E-state index is 12.8. The van der Waals surface area contributed by atoms with Gasteiger partial charge in [0.2, 0.25) is 0 Å². The average molecular weight is 447 g/mol. The number of aromatic amines is 1. The summed E-state index contributed by atoms with van der Waals surface area (Å²) in [4.78, 5) is 39.6. The van der Waals surface area contributed by atoms with E-state index >= 15 is 0 Å². The number of benzene rings is 1. The molecule has 1 fully saturated rings. The minimum atomic E-state index is -4.36. The molecule has 1 aliphatic carbocycles. The number of alkyl halides is 3. The Morgan fingerprint density at radius 1 is 1.16 bits per heavy atom. The van der Waals surface area contributed by atoms with E-state index in [0.717, 1.165) is 18.9 Å². The van der Waals surface area contributed by atoms with Crippen molar-refractivity contribution in [3.63, 3.8) is 0 Å². The summed E-state index contributed by atoms with van der Waals surface area (Å²) in [7, 11) is 0. The standard InChI is InChI=1S/C20H16F3N5O2S/c21-20(22,23)31-13-6-4-12(5-7-13)16(11-2-3-11)28-19(30)14-10-15(29)27-18(26-14)17-24-8-1-9-25-17/h1,4-11,16H,2-3H2,(H,28,30)(H,26,27,29). The van der Waals surface area contributed by atoms with E-state index < -0.39 is 23.0 Å². The third-order valence-corrected chi connectivity index (χ3v) is 5.34. The number of carbonyl (C=O) groups excluding carboxylic acids is 1. The molecule has 3 aromatic rings. The molecule has 160 valence electrons. The van der Waals surface area contributed by atoms with Crippen LogP contribution in [0.3, 0.4) is 0 Å². The first-order valence-corrected chi connectivity index (χ1v) is 10.2. The number of hydrogen-bond donors (Lipinski definition) is 2. The van der Waals surface area contributed by atoms with E-state index in [1.54, 1.807) is 18.2 Å². The first kappa shape index (κ1) is 21.0. The minimum Gasteiger partial charge on any atom is -0.344 e. The van der Waals surface area contributed by atoms with Crippen LogP contribution in [-0.4, -0.2) is 31.4 Å². The van der Waals surface area contributed by atoms with Crippen LogP contribution in [0, 0.1) is 5.92 Å². The zero-order valence-corrected chi connectivity index (χ0v) is 16.7. The molecule has 0 radical (unpaired) electrons. The summed E-state index contributed by atoms with van der Waals surface area (Å²) in [6.07, 6.45) is 4.74. The lowest BCUT2D eigenvalue weighted by Crippen LogP contribution is -2.31. The Kier molecular flexibility index (Phi) is 5.77. The SMILES string of the molecule is O=C(NC(c1ccc(SC(F)(F)F)cc1)C1CC1)c1cc(=O)[nH]c(-c2ncccn2)n1. The summed E-state index contributed by atoms with van der Waals surface area (Å²) in [5.41, 5.74) is -4.29. The lowest BCUT2D eigenvalue weighted by Gasteiger charge is -2.19. The number of nitrogens with zero attached hydrogens (tertiary/aromatic N) is 3. The van der Waals surface area contributed by atoms with Gasteiger partial charge < -0.3 is 10.3 Å². The molecule has 1 aliphatic rings. The van der Waals surface area contributed by atoms with Crippen LogP contribution in [0.1, 0.15) is 34.9 Å². The second kappa shape index (κ2) is 8.50. The first-order valence-electron chi connectivity index (χ1n) is 9.34. The lowest BCUT2D eigenvalue weighted by atomic mass is 10.0. The second-order valence-corrected chi connectivity index (χ2v) is 8.10. The van der Waals surface area contributed by atoms with Gasteiger partial charge in [-0.2, -0.15) is 13.2 Å². The monoisotopic (exact) mass is 447 g/mol. The highest BCUT2D eigenvalue weighted by Crippen LogP contribution is 2.42. The van der Waals surface area contributed by atoms with E-state index in [2.05, 4.69) is 25.3 Å². The second-order valence-electron chi connectivity index (χ2n) is 6.96. The van der Waals surface area contributed by atoms with Crippen LogP contribution >= 0.6 is 11.8 Å². The summed E-state index contributed by atoms with van der Waals surface area (Å²) in [6.45, 7) is 0. The Morgan fingerprint density at radius 2 is 1.84 bits per heavy atom. The number of carbonyl (C=O) groups is 1. The number of H-pyrrole nitrogens is 1. The van der Waals surface area contributed by atoms with Crippen molar-refractivity contribution >= 4 is 17.7 Å². The maximum atomic E-state index is 12.8. The van der Waals surface area contributed by atoms with Gasteiger partial charge in [0.05, 0.1) is 6.04 Å². The van der Waals surface area contributed by atoms with Crippen molar-refractivity contribution in [2.75, 3.05) is 0 Å². The van der Waals surface area contributed by atoms with Crippen LogP contribution in [0.2, 0.25) is 0 Å². The molecule has 1 unspecified atom stereocenters. The van der Waals surface area contributed by atoms with Crippen LogP contribution in [-0.2, 0) is 0 Å². The molecule has 31 heavy (non-hydrogen) atoms. The van der Waals surface area contributed by atoms with Gasteiger partial charge in [-0.25, -0.2) is 15.0 Å². The molecular formula is C20H16F3N5O2S. The van der Waals surface area contributed by atoms with Crippen LogP contribution in [0.15, 0.2) is 58.5 Å². The van der Waals surface area contributed by atoms with Crippen molar-refractivity contribution in [2.45, 2.75) is 29.3 Å². The van der Waals surface area contributed by atoms with Gasteiger partial charge in [0.1, 0.15) is 5.69 Å². The van der Waals surface area contributed by atoms with Crippen LogP contribution < -0.4 is 10.9 Å². The molecule has 4 rings (SSSR count). The fourth-order valence-electron chi connectivity index (χ4n) is 3.10. The number of amides is 1. The van der Waals surface area contributed by atoms with E-state index in [4.69, 9.17) is 0 Å². The number of rotatable bonds is 6. The van der Waals surface area contributed by atoms with E-state index in [1.165, 1.54) is 24.5 Å². The summed E-state index contributed by atoms with van der Waals surface area (Å²) < 4.78 is 37.6. The zero-order chi connectivity index (χ0) is 22.0. The van der Waals surface area contributed by atoms with Gasteiger partial charge in [-0.15, -0.1) is 0 Å². The van der Waals surface area contributed by atoms with Crippen molar-refractivity contribution in [1.29, 1.82) is 0 Å². The smallest absolute Gasteiger partial charge is 0.344 e. The Balaban J connectivity index is 1.55. The Hall–Kier alpha value is -3.21. The molecule has 2 heterocycles. The van der Waals surface area contributed by atoms with Crippen molar-refractivity contribution in [3.05, 3.63) is 70.4 Å². The molecule has 2 N–H and O–H groups in total. The number of halogens is 3. The van der Waals surface area contributed by atoms with E-state index in [9.17, 15) is 22.8 Å². The van der Waals surface area contributed by atoms with Gasteiger partial charge in [-0.1, -0.05) is 12.1 Å². The van der Waals surface area contributed by atoms with Gasteiger partial charge in [0.25, 0.3) is 11.5 Å². The van der Waals surface area contributed by atoms with Gasteiger partial charge in [-0.05, 0) is 54.3 Å². The number of aromatic nitrogens is 4. The van der Waals surface area contributed by atoms with Crippen LogP contribution in [0.25, 0.3) is 11.6 Å². The van der Waals surface area contributed by atoms with Crippen molar-refractivity contribution < 1.29 is 18.0 Å². The third kappa shape index (κ3) is 5.48. The highest BCUT2D eigenvalue weighted by Gasteiger charge is 2.34. The molecule has 2 aromatic heterocycles. The molecular weight excluding hydrogens is 431 g/mol. The first-order chi connectivity index (χ1) is 14.8. The van der Waals surface area contributed by atoms with E-state index in [0.29, 0.717) is 5.56 Å². The molecule has 0 bridgehead atoms. The summed E-state index contributed by atoms with van der Waals surface area (Å²) in [5, 5.41) is 2.86. The van der Waals surface area contributed by atoms with Crippen LogP contribution in [0.4, 0.5) is 13.2 Å². The number of nitrogens with one attached hydrogen (secondary N) is 2. The predicted octanol–water partition coefficient (Wildman–Crippen LogP) is 3.72. The molecule has 1 aromatic carbocycles. The summed E-state index contributed by atoms with van der Waals surface area (Å²) in [6, 6.07) is 8.20. The summed E-state index contributed by atoms with van der Waals surface area (Å²) in [5.74, 6) is -0.154. The molecule has 1 amide bonds. The topological polar surface area (TPSA) is 101 Å². The van der Waals surface area contributed by atoms with Crippen LogP contribution in [0.5, 0.6) is 0 Å². The minimum absolute atomic E-state index is 0.0646. The molecule has 7 nitrogen and oxygen atoms in total. The van der Waals surface area contributed by atoms with Crippen molar-refractivity contribution in [1.82, 2.24) is 25.3 Å². The quantitative estimate of drug-likeness (QED) is 0.559. The highest BCUT2D eigenvalue weighted by atomic mass is 32.2. The zero-order valence-electron chi connectivity index (χ0n) is 15.9. The number of thioether (sulfide) groups is 1. The predicted molar refractivity (Wildman–Crippen MR) is 107 cm³/mol. The van der Waals surface area contributed by atoms with Crippen molar-refractivity contribution in [3.8, 4) is 11.6 Å². The third-order valence-electron chi connectivity index (χ3n) is 4.60. The molecule has 1 saturated carbocycles. The molecule has 0 spiro atoms. The van der Waals surface area contributed by atoms with Gasteiger partial charge in [-0.3, -0.25) is 9.59 Å². The average Bonchev–Trinajstić information content (AvgIpc) is 3.57. The molecule has 1 atom stereocenters.